The van der Waals surface area contributed by atoms with E-state index in [-0.39, 0.29) is 12.5 Å². The molecule has 0 aliphatic heterocycles. The minimum absolute atomic E-state index is 0.274. The molecule has 0 aliphatic rings. The summed E-state index contributed by atoms with van der Waals surface area (Å²) in [6, 6.07) is 17.9. The van der Waals surface area contributed by atoms with E-state index in [9.17, 15) is 4.79 Å². The van der Waals surface area contributed by atoms with E-state index in [0.717, 1.165) is 16.7 Å². The molecule has 1 amide bonds. The molecule has 3 aromatic rings. The highest BCUT2D eigenvalue weighted by molar-refractivity contribution is 6.35. The summed E-state index contributed by atoms with van der Waals surface area (Å²) in [6.07, 6.45) is 1.55. The number of nitrogens with zero attached hydrogens (tertiary/aromatic N) is 1. The van der Waals surface area contributed by atoms with Gasteiger partial charge in [-0.2, -0.15) is 5.10 Å². The SMILES string of the molecule is CCOc1cc(/C=N\NC(=O)c2ccc(C)cc2)ccc1OCc1ccc(Cl)cc1Cl. The Balaban J connectivity index is 1.66. The lowest BCUT2D eigenvalue weighted by atomic mass is 10.1. The first-order chi connectivity index (χ1) is 15.0. The van der Waals surface area contributed by atoms with E-state index in [1.54, 1.807) is 42.6 Å². The Morgan fingerprint density at radius 2 is 1.77 bits per heavy atom. The fraction of sp³-hybridized carbons (Fsp3) is 0.167. The Morgan fingerprint density at radius 1 is 1.00 bits per heavy atom. The molecule has 0 aromatic heterocycles. The lowest BCUT2D eigenvalue weighted by Crippen LogP contribution is -2.17. The normalized spacial score (nSPS) is 10.8. The van der Waals surface area contributed by atoms with Crippen LogP contribution in [0.25, 0.3) is 0 Å². The quantitative estimate of drug-likeness (QED) is 0.331. The lowest BCUT2D eigenvalue weighted by Gasteiger charge is -2.13. The zero-order chi connectivity index (χ0) is 22.2. The van der Waals surface area contributed by atoms with Gasteiger partial charge in [0.05, 0.1) is 12.8 Å². The monoisotopic (exact) mass is 456 g/mol. The van der Waals surface area contributed by atoms with Crippen molar-refractivity contribution in [3.63, 3.8) is 0 Å². The van der Waals surface area contributed by atoms with E-state index in [1.165, 1.54) is 0 Å². The third-order valence-corrected chi connectivity index (χ3v) is 4.95. The van der Waals surface area contributed by atoms with Crippen LogP contribution in [0.4, 0.5) is 0 Å². The molecule has 0 aliphatic carbocycles. The van der Waals surface area contributed by atoms with Crippen molar-refractivity contribution in [1.82, 2.24) is 5.43 Å². The summed E-state index contributed by atoms with van der Waals surface area (Å²) in [5, 5.41) is 5.15. The number of benzene rings is 3. The number of carbonyl (C=O) groups excluding carboxylic acids is 1. The molecule has 7 heteroatoms. The molecule has 0 saturated heterocycles. The van der Waals surface area contributed by atoms with Crippen LogP contribution < -0.4 is 14.9 Å². The van der Waals surface area contributed by atoms with Crippen molar-refractivity contribution in [3.8, 4) is 11.5 Å². The summed E-state index contributed by atoms with van der Waals surface area (Å²) in [7, 11) is 0. The predicted molar refractivity (Wildman–Crippen MR) is 125 cm³/mol. The Bertz CT molecular complexity index is 1080. The number of hydrazone groups is 1. The molecular formula is C24H22Cl2N2O3. The highest BCUT2D eigenvalue weighted by atomic mass is 35.5. The van der Waals surface area contributed by atoms with Gasteiger partial charge in [0.1, 0.15) is 6.61 Å². The molecule has 5 nitrogen and oxygen atoms in total. The average Bonchev–Trinajstić information content (AvgIpc) is 2.75. The fourth-order valence-corrected chi connectivity index (χ4v) is 3.18. The molecule has 0 bridgehead atoms. The molecule has 0 spiro atoms. The molecule has 1 N–H and O–H groups in total. The average molecular weight is 457 g/mol. The van der Waals surface area contributed by atoms with E-state index < -0.39 is 0 Å². The molecule has 0 unspecified atom stereocenters. The highest BCUT2D eigenvalue weighted by Crippen LogP contribution is 2.30. The number of rotatable bonds is 8. The molecular weight excluding hydrogens is 435 g/mol. The standard InChI is InChI=1S/C24H22Cl2N2O3/c1-3-30-23-12-17(14-27-28-24(29)18-7-4-16(2)5-8-18)6-11-22(23)31-15-19-9-10-20(25)13-21(19)26/h4-14H,3,15H2,1-2H3,(H,28,29)/b27-14-. The Hall–Kier alpha value is -3.02. The first kappa shape index (κ1) is 22.7. The molecule has 160 valence electrons. The second-order valence-electron chi connectivity index (χ2n) is 6.73. The Morgan fingerprint density at radius 3 is 2.48 bits per heavy atom. The third-order valence-electron chi connectivity index (χ3n) is 4.36. The number of aryl methyl sites for hydroxylation is 1. The highest BCUT2D eigenvalue weighted by Gasteiger charge is 2.09. The summed E-state index contributed by atoms with van der Waals surface area (Å²) in [4.78, 5) is 12.1. The maximum Gasteiger partial charge on any atom is 0.271 e. The fourth-order valence-electron chi connectivity index (χ4n) is 2.72. The summed E-state index contributed by atoms with van der Waals surface area (Å²) in [5.74, 6) is 0.871. The molecule has 0 fully saturated rings. The number of hydrogen-bond donors (Lipinski definition) is 1. The number of nitrogens with one attached hydrogen (secondary N) is 1. The van der Waals surface area contributed by atoms with Crippen LogP contribution in [0.2, 0.25) is 10.0 Å². The maximum atomic E-state index is 12.1. The van der Waals surface area contributed by atoms with Crippen molar-refractivity contribution >= 4 is 35.3 Å². The summed E-state index contributed by atoms with van der Waals surface area (Å²) < 4.78 is 11.6. The maximum absolute atomic E-state index is 12.1. The molecule has 0 heterocycles. The molecule has 3 aromatic carbocycles. The summed E-state index contributed by atoms with van der Waals surface area (Å²) in [6.45, 7) is 4.61. The molecule has 0 saturated carbocycles. The van der Waals surface area contributed by atoms with Crippen molar-refractivity contribution < 1.29 is 14.3 Å². The van der Waals surface area contributed by atoms with Crippen molar-refractivity contribution in [2.24, 2.45) is 5.10 Å². The lowest BCUT2D eigenvalue weighted by molar-refractivity contribution is 0.0955. The van der Waals surface area contributed by atoms with E-state index in [2.05, 4.69) is 10.5 Å². The van der Waals surface area contributed by atoms with Gasteiger partial charge in [0.15, 0.2) is 11.5 Å². The van der Waals surface area contributed by atoms with E-state index in [4.69, 9.17) is 32.7 Å². The zero-order valence-electron chi connectivity index (χ0n) is 17.2. The van der Waals surface area contributed by atoms with Gasteiger partial charge in [-0.15, -0.1) is 0 Å². The van der Waals surface area contributed by atoms with Gasteiger partial charge in [-0.05, 0) is 61.9 Å². The van der Waals surface area contributed by atoms with Gasteiger partial charge >= 0.3 is 0 Å². The van der Waals surface area contributed by atoms with Crippen molar-refractivity contribution in [2.45, 2.75) is 20.5 Å². The van der Waals surface area contributed by atoms with Crippen LogP contribution in [-0.4, -0.2) is 18.7 Å². The van der Waals surface area contributed by atoms with Crippen LogP contribution in [0.5, 0.6) is 11.5 Å². The van der Waals surface area contributed by atoms with E-state index in [0.29, 0.717) is 33.7 Å². The number of ether oxygens (including phenoxy) is 2. The van der Waals surface area contributed by atoms with E-state index >= 15 is 0 Å². The van der Waals surface area contributed by atoms with E-state index in [1.807, 2.05) is 38.1 Å². The number of amides is 1. The topological polar surface area (TPSA) is 59.9 Å². The van der Waals surface area contributed by atoms with Gasteiger partial charge in [0.25, 0.3) is 5.91 Å². The zero-order valence-corrected chi connectivity index (χ0v) is 18.7. The largest absolute Gasteiger partial charge is 0.490 e. The van der Waals surface area contributed by atoms with Crippen LogP contribution in [0, 0.1) is 6.92 Å². The first-order valence-electron chi connectivity index (χ1n) is 9.70. The van der Waals surface area contributed by atoms with Crippen molar-refractivity contribution in [1.29, 1.82) is 0 Å². The minimum Gasteiger partial charge on any atom is -0.490 e. The number of hydrogen-bond acceptors (Lipinski definition) is 4. The van der Waals surface area contributed by atoms with Gasteiger partial charge in [0, 0.05) is 21.2 Å². The molecule has 3 rings (SSSR count). The Kier molecular flexibility index (Phi) is 7.93. The number of halogens is 2. The van der Waals surface area contributed by atoms with Gasteiger partial charge < -0.3 is 9.47 Å². The Labute approximate surface area is 191 Å². The molecule has 31 heavy (non-hydrogen) atoms. The summed E-state index contributed by atoms with van der Waals surface area (Å²) >= 11 is 12.1. The van der Waals surface area contributed by atoms with Gasteiger partial charge in [-0.1, -0.05) is 47.0 Å². The molecule has 0 radical (unpaired) electrons. The molecule has 0 atom stereocenters. The van der Waals surface area contributed by atoms with Crippen molar-refractivity contribution in [2.75, 3.05) is 6.61 Å². The predicted octanol–water partition coefficient (Wildman–Crippen LogP) is 6.04. The first-order valence-corrected chi connectivity index (χ1v) is 10.5. The minimum atomic E-state index is -0.277. The second-order valence-corrected chi connectivity index (χ2v) is 7.57. The number of carbonyl (C=O) groups is 1. The van der Waals surface area contributed by atoms with Crippen LogP contribution in [0.1, 0.15) is 34.0 Å². The third kappa shape index (κ3) is 6.48. The van der Waals surface area contributed by atoms with Crippen LogP contribution in [0.15, 0.2) is 65.8 Å². The van der Waals surface area contributed by atoms with Gasteiger partial charge in [0.2, 0.25) is 0 Å². The van der Waals surface area contributed by atoms with Crippen molar-refractivity contribution in [3.05, 3.63) is 93.0 Å². The van der Waals surface area contributed by atoms with Crippen LogP contribution in [-0.2, 0) is 6.61 Å². The van der Waals surface area contributed by atoms with Crippen LogP contribution >= 0.6 is 23.2 Å². The summed E-state index contributed by atoms with van der Waals surface area (Å²) in [5.41, 5.74) is 5.73. The second kappa shape index (κ2) is 10.8. The van der Waals surface area contributed by atoms with Gasteiger partial charge in [-0.25, -0.2) is 5.43 Å². The van der Waals surface area contributed by atoms with Gasteiger partial charge in [-0.3, -0.25) is 4.79 Å². The smallest absolute Gasteiger partial charge is 0.271 e. The van der Waals surface area contributed by atoms with Crippen LogP contribution in [0.3, 0.4) is 0 Å².